The first-order valence-electron chi connectivity index (χ1n) is 9.11. The molecule has 144 valence electrons. The quantitative estimate of drug-likeness (QED) is 0.591. The number of nitrogens with zero attached hydrogens (tertiary/aromatic N) is 3. The van der Waals surface area contributed by atoms with E-state index in [0.717, 1.165) is 42.0 Å². The van der Waals surface area contributed by atoms with Crippen LogP contribution in [0.15, 0.2) is 36.8 Å². The van der Waals surface area contributed by atoms with Crippen LogP contribution in [-0.4, -0.2) is 35.4 Å². The minimum Gasteiger partial charge on any atom is -0.493 e. The predicted molar refractivity (Wildman–Crippen MR) is 107 cm³/mol. The van der Waals surface area contributed by atoms with Gasteiger partial charge in [0.15, 0.2) is 11.5 Å². The SMILES string of the molecule is CCCCn1cnc(-c2cc(OC)c(OC)c(OC)c2)c1-c1cccn1C. The maximum atomic E-state index is 5.52. The van der Waals surface area contributed by atoms with Crippen molar-refractivity contribution in [3.63, 3.8) is 0 Å². The van der Waals surface area contributed by atoms with Gasteiger partial charge in [0.05, 0.1) is 44.7 Å². The van der Waals surface area contributed by atoms with E-state index in [-0.39, 0.29) is 0 Å². The molecule has 0 bridgehead atoms. The number of unbranched alkanes of at least 4 members (excludes halogenated alkanes) is 1. The molecule has 0 radical (unpaired) electrons. The third-order valence-corrected chi connectivity index (χ3v) is 4.71. The van der Waals surface area contributed by atoms with Gasteiger partial charge in [0.25, 0.3) is 0 Å². The molecule has 0 unspecified atom stereocenters. The van der Waals surface area contributed by atoms with Crippen molar-refractivity contribution in [3.05, 3.63) is 36.8 Å². The van der Waals surface area contributed by atoms with E-state index in [9.17, 15) is 0 Å². The van der Waals surface area contributed by atoms with E-state index in [1.807, 2.05) is 37.8 Å². The molecule has 2 heterocycles. The number of rotatable bonds is 8. The van der Waals surface area contributed by atoms with Gasteiger partial charge in [-0.05, 0) is 30.7 Å². The Morgan fingerprint density at radius 3 is 2.26 bits per heavy atom. The van der Waals surface area contributed by atoms with Gasteiger partial charge in [-0.1, -0.05) is 13.3 Å². The Balaban J connectivity index is 2.20. The molecule has 1 aromatic carbocycles. The number of hydrogen-bond donors (Lipinski definition) is 0. The summed E-state index contributed by atoms with van der Waals surface area (Å²) in [4.78, 5) is 4.74. The number of imidazole rings is 1. The Labute approximate surface area is 160 Å². The summed E-state index contributed by atoms with van der Waals surface area (Å²) in [6, 6.07) is 8.05. The summed E-state index contributed by atoms with van der Waals surface area (Å²) >= 11 is 0. The summed E-state index contributed by atoms with van der Waals surface area (Å²) in [5.74, 6) is 1.81. The lowest BCUT2D eigenvalue weighted by Gasteiger charge is -2.15. The summed E-state index contributed by atoms with van der Waals surface area (Å²) in [5.41, 5.74) is 4.03. The zero-order chi connectivity index (χ0) is 19.4. The van der Waals surface area contributed by atoms with Crippen molar-refractivity contribution in [2.75, 3.05) is 21.3 Å². The van der Waals surface area contributed by atoms with Crippen molar-refractivity contribution in [2.24, 2.45) is 7.05 Å². The van der Waals surface area contributed by atoms with Gasteiger partial charge in [-0.2, -0.15) is 0 Å². The molecule has 0 saturated heterocycles. The molecular formula is C21H27N3O3. The van der Waals surface area contributed by atoms with E-state index < -0.39 is 0 Å². The van der Waals surface area contributed by atoms with Crippen molar-refractivity contribution >= 4 is 0 Å². The summed E-state index contributed by atoms with van der Waals surface area (Å²) in [5, 5.41) is 0. The zero-order valence-electron chi connectivity index (χ0n) is 16.7. The predicted octanol–water partition coefficient (Wildman–Crippen LogP) is 4.38. The van der Waals surface area contributed by atoms with Gasteiger partial charge in [0.2, 0.25) is 5.75 Å². The Bertz CT molecular complexity index is 886. The maximum Gasteiger partial charge on any atom is 0.203 e. The number of aromatic nitrogens is 3. The molecule has 0 aliphatic carbocycles. The standard InChI is InChI=1S/C21H27N3O3/c1-6-7-11-24-14-22-19(20(24)16-9-8-10-23(16)2)15-12-17(25-3)21(27-5)18(13-15)26-4/h8-10,12-14H,6-7,11H2,1-5H3. The molecule has 0 aliphatic heterocycles. The zero-order valence-corrected chi connectivity index (χ0v) is 16.7. The Kier molecular flexibility index (Phi) is 5.74. The van der Waals surface area contributed by atoms with Crippen molar-refractivity contribution in [3.8, 4) is 39.9 Å². The van der Waals surface area contributed by atoms with Crippen LogP contribution in [0.5, 0.6) is 17.2 Å². The minimum absolute atomic E-state index is 0.578. The number of aryl methyl sites for hydroxylation is 2. The molecule has 6 nitrogen and oxygen atoms in total. The summed E-state index contributed by atoms with van der Waals surface area (Å²) in [7, 11) is 6.90. The van der Waals surface area contributed by atoms with Crippen LogP contribution in [0.2, 0.25) is 0 Å². The fraction of sp³-hybridized carbons (Fsp3) is 0.381. The van der Waals surface area contributed by atoms with E-state index in [4.69, 9.17) is 19.2 Å². The smallest absolute Gasteiger partial charge is 0.203 e. The van der Waals surface area contributed by atoms with E-state index in [0.29, 0.717) is 17.2 Å². The highest BCUT2D eigenvalue weighted by molar-refractivity contribution is 5.80. The molecule has 3 rings (SSSR count). The number of benzene rings is 1. The molecule has 0 spiro atoms. The molecule has 0 saturated carbocycles. The van der Waals surface area contributed by atoms with Crippen LogP contribution in [0, 0.1) is 0 Å². The summed E-state index contributed by atoms with van der Waals surface area (Å²) in [6.45, 7) is 3.12. The average molecular weight is 369 g/mol. The first-order valence-corrected chi connectivity index (χ1v) is 9.11. The van der Waals surface area contributed by atoms with Gasteiger partial charge < -0.3 is 23.3 Å². The van der Waals surface area contributed by atoms with Crippen LogP contribution in [0.4, 0.5) is 0 Å². The monoisotopic (exact) mass is 369 g/mol. The highest BCUT2D eigenvalue weighted by Gasteiger charge is 2.21. The van der Waals surface area contributed by atoms with Gasteiger partial charge in [0.1, 0.15) is 0 Å². The van der Waals surface area contributed by atoms with E-state index in [1.165, 1.54) is 0 Å². The molecule has 0 atom stereocenters. The molecular weight excluding hydrogens is 342 g/mol. The van der Waals surface area contributed by atoms with E-state index in [2.05, 4.69) is 22.1 Å². The largest absolute Gasteiger partial charge is 0.493 e. The van der Waals surface area contributed by atoms with Gasteiger partial charge in [0, 0.05) is 25.4 Å². The molecule has 6 heteroatoms. The highest BCUT2D eigenvalue weighted by atomic mass is 16.5. The van der Waals surface area contributed by atoms with Crippen molar-refractivity contribution < 1.29 is 14.2 Å². The second kappa shape index (κ2) is 8.20. The minimum atomic E-state index is 0.578. The molecule has 0 aliphatic rings. The molecule has 2 aromatic heterocycles. The number of methoxy groups -OCH3 is 3. The van der Waals surface area contributed by atoms with Gasteiger partial charge in [-0.15, -0.1) is 0 Å². The lowest BCUT2D eigenvalue weighted by molar-refractivity contribution is 0.324. The van der Waals surface area contributed by atoms with Crippen LogP contribution in [0.25, 0.3) is 22.6 Å². The highest BCUT2D eigenvalue weighted by Crippen LogP contribution is 2.42. The lowest BCUT2D eigenvalue weighted by atomic mass is 10.1. The van der Waals surface area contributed by atoms with Crippen molar-refractivity contribution in [1.29, 1.82) is 0 Å². The van der Waals surface area contributed by atoms with E-state index in [1.54, 1.807) is 21.3 Å². The van der Waals surface area contributed by atoms with Crippen LogP contribution >= 0.6 is 0 Å². The first-order chi connectivity index (χ1) is 13.1. The fourth-order valence-electron chi connectivity index (χ4n) is 3.28. The Hall–Kier alpha value is -2.89. The third-order valence-electron chi connectivity index (χ3n) is 4.71. The summed E-state index contributed by atoms with van der Waals surface area (Å²) < 4.78 is 20.8. The number of ether oxygens (including phenoxy) is 3. The van der Waals surface area contributed by atoms with Crippen LogP contribution in [-0.2, 0) is 13.6 Å². The normalized spacial score (nSPS) is 10.9. The van der Waals surface area contributed by atoms with E-state index >= 15 is 0 Å². The molecule has 0 amide bonds. The molecule has 27 heavy (non-hydrogen) atoms. The summed E-state index contributed by atoms with van der Waals surface area (Å²) in [6.07, 6.45) is 6.19. The van der Waals surface area contributed by atoms with Gasteiger partial charge in [-0.3, -0.25) is 0 Å². The fourth-order valence-corrected chi connectivity index (χ4v) is 3.28. The topological polar surface area (TPSA) is 50.4 Å². The van der Waals surface area contributed by atoms with Crippen molar-refractivity contribution in [2.45, 2.75) is 26.3 Å². The van der Waals surface area contributed by atoms with Gasteiger partial charge >= 0.3 is 0 Å². The van der Waals surface area contributed by atoms with Crippen LogP contribution in [0.3, 0.4) is 0 Å². The molecule has 0 N–H and O–H groups in total. The van der Waals surface area contributed by atoms with Crippen LogP contribution < -0.4 is 14.2 Å². The molecule has 3 aromatic rings. The first kappa shape index (κ1) is 18.9. The Morgan fingerprint density at radius 2 is 1.74 bits per heavy atom. The van der Waals surface area contributed by atoms with Crippen LogP contribution in [0.1, 0.15) is 19.8 Å². The Morgan fingerprint density at radius 1 is 1.04 bits per heavy atom. The second-order valence-electron chi connectivity index (χ2n) is 6.41. The second-order valence-corrected chi connectivity index (χ2v) is 6.41. The maximum absolute atomic E-state index is 5.52. The average Bonchev–Trinajstić information content (AvgIpc) is 3.30. The third kappa shape index (κ3) is 3.52. The van der Waals surface area contributed by atoms with Gasteiger partial charge in [-0.25, -0.2) is 4.98 Å². The lowest BCUT2D eigenvalue weighted by Crippen LogP contribution is -2.02. The van der Waals surface area contributed by atoms with Crippen molar-refractivity contribution in [1.82, 2.24) is 14.1 Å². The molecule has 0 fully saturated rings. The number of hydrogen-bond acceptors (Lipinski definition) is 4.